The molecule has 0 bridgehead atoms. The minimum Gasteiger partial charge on any atom is -0.497 e. The van der Waals surface area contributed by atoms with Crippen LogP contribution in [0.4, 0.5) is 0 Å². The molecule has 1 aliphatic carbocycles. The van der Waals surface area contributed by atoms with Gasteiger partial charge in [-0.15, -0.1) is 0 Å². The maximum Gasteiger partial charge on any atom is 0.385 e. The van der Waals surface area contributed by atoms with Crippen LogP contribution < -0.4 is 4.74 Å². The van der Waals surface area contributed by atoms with E-state index in [1.165, 1.54) is 0 Å². The second kappa shape index (κ2) is 4.29. The SMILES string of the molecule is COC(=O)[C@]1([N+](=O)[O-])C[C@@H]1c1ccc(OC)cc1. The van der Waals surface area contributed by atoms with Gasteiger partial charge in [-0.2, -0.15) is 0 Å². The smallest absolute Gasteiger partial charge is 0.385 e. The van der Waals surface area contributed by atoms with Gasteiger partial charge < -0.3 is 9.47 Å². The Hall–Kier alpha value is -2.11. The van der Waals surface area contributed by atoms with Crippen molar-refractivity contribution in [3.63, 3.8) is 0 Å². The van der Waals surface area contributed by atoms with Gasteiger partial charge in [0.25, 0.3) is 0 Å². The van der Waals surface area contributed by atoms with Gasteiger partial charge in [-0.25, -0.2) is 4.79 Å². The van der Waals surface area contributed by atoms with Crippen molar-refractivity contribution in [2.75, 3.05) is 14.2 Å². The lowest BCUT2D eigenvalue weighted by Crippen LogP contribution is -2.34. The molecule has 1 aromatic rings. The van der Waals surface area contributed by atoms with Crippen LogP contribution in [0.5, 0.6) is 5.75 Å². The fourth-order valence-electron chi connectivity index (χ4n) is 2.16. The molecule has 0 aliphatic heterocycles. The molecule has 0 unspecified atom stereocenters. The molecule has 0 amide bonds. The van der Waals surface area contributed by atoms with Gasteiger partial charge in [-0.1, -0.05) is 12.1 Å². The summed E-state index contributed by atoms with van der Waals surface area (Å²) >= 11 is 0. The molecule has 0 spiro atoms. The maximum atomic E-state index is 11.6. The first kappa shape index (κ1) is 12.3. The Bertz CT molecular complexity index is 484. The van der Waals surface area contributed by atoms with Gasteiger partial charge in [-0.3, -0.25) is 10.1 Å². The fraction of sp³-hybridized carbons (Fsp3) is 0.417. The Morgan fingerprint density at radius 3 is 2.44 bits per heavy atom. The minimum absolute atomic E-state index is 0.180. The molecule has 1 fully saturated rings. The number of nitrogens with zero attached hydrogens (tertiary/aromatic N) is 1. The summed E-state index contributed by atoms with van der Waals surface area (Å²) in [4.78, 5) is 22.1. The lowest BCUT2D eigenvalue weighted by Gasteiger charge is -2.07. The monoisotopic (exact) mass is 251 g/mol. The highest BCUT2D eigenvalue weighted by Crippen LogP contribution is 2.54. The van der Waals surface area contributed by atoms with E-state index in [1.807, 2.05) is 0 Å². The summed E-state index contributed by atoms with van der Waals surface area (Å²) in [6.45, 7) is 0. The number of methoxy groups -OCH3 is 2. The van der Waals surface area contributed by atoms with Gasteiger partial charge in [0.2, 0.25) is 0 Å². The second-order valence-electron chi connectivity index (χ2n) is 4.20. The predicted octanol–water partition coefficient (Wildman–Crippen LogP) is 1.37. The summed E-state index contributed by atoms with van der Waals surface area (Å²) in [5, 5.41) is 11.1. The normalized spacial score (nSPS) is 25.3. The molecule has 18 heavy (non-hydrogen) atoms. The molecule has 0 N–H and O–H groups in total. The van der Waals surface area contributed by atoms with Crippen LogP contribution in [0.25, 0.3) is 0 Å². The molecule has 2 rings (SSSR count). The molecule has 1 saturated carbocycles. The standard InChI is InChI=1S/C12H13NO5/c1-17-9-5-3-8(4-6-9)10-7-12(10,13(15)16)11(14)18-2/h3-6,10H,7H2,1-2H3/t10-,12+/m1/s1. The molecule has 0 aromatic heterocycles. The maximum absolute atomic E-state index is 11.6. The minimum atomic E-state index is -1.61. The van der Waals surface area contributed by atoms with E-state index in [-0.39, 0.29) is 6.42 Å². The van der Waals surface area contributed by atoms with E-state index < -0.39 is 22.3 Å². The van der Waals surface area contributed by atoms with E-state index in [9.17, 15) is 14.9 Å². The fourth-order valence-corrected chi connectivity index (χ4v) is 2.16. The van der Waals surface area contributed by atoms with Crippen molar-refractivity contribution in [3.05, 3.63) is 39.9 Å². The number of carbonyl (C=O) groups is 1. The van der Waals surface area contributed by atoms with Crippen molar-refractivity contribution in [2.45, 2.75) is 17.9 Å². The molecule has 6 heteroatoms. The Morgan fingerprint density at radius 2 is 2.00 bits per heavy atom. The number of esters is 1. The summed E-state index contributed by atoms with van der Waals surface area (Å²) in [6.07, 6.45) is 0.180. The third-order valence-corrected chi connectivity index (χ3v) is 3.31. The summed E-state index contributed by atoms with van der Waals surface area (Å²) in [7, 11) is 2.71. The van der Waals surface area contributed by atoms with Crippen molar-refractivity contribution in [3.8, 4) is 5.75 Å². The Morgan fingerprint density at radius 1 is 1.39 bits per heavy atom. The van der Waals surface area contributed by atoms with Crippen LogP contribution in [-0.4, -0.2) is 30.7 Å². The van der Waals surface area contributed by atoms with E-state index in [4.69, 9.17) is 4.74 Å². The van der Waals surface area contributed by atoms with Crippen LogP contribution in [0, 0.1) is 10.1 Å². The summed E-state index contributed by atoms with van der Waals surface area (Å²) < 4.78 is 9.54. The van der Waals surface area contributed by atoms with E-state index in [0.29, 0.717) is 5.75 Å². The van der Waals surface area contributed by atoms with Crippen molar-refractivity contribution in [2.24, 2.45) is 0 Å². The Kier molecular flexibility index (Phi) is 2.94. The first-order chi connectivity index (χ1) is 8.56. The number of hydrogen-bond donors (Lipinski definition) is 0. The molecule has 0 saturated heterocycles. The number of carbonyl (C=O) groups excluding carboxylic acids is 1. The van der Waals surface area contributed by atoms with Gasteiger partial charge in [0.15, 0.2) is 0 Å². The van der Waals surface area contributed by atoms with Crippen molar-refractivity contribution >= 4 is 5.97 Å². The third kappa shape index (κ3) is 1.70. The van der Waals surface area contributed by atoms with E-state index >= 15 is 0 Å². The van der Waals surface area contributed by atoms with Gasteiger partial charge in [0.1, 0.15) is 5.75 Å². The molecule has 1 aromatic carbocycles. The highest BCUT2D eigenvalue weighted by molar-refractivity contribution is 5.85. The van der Waals surface area contributed by atoms with Gasteiger partial charge >= 0.3 is 11.5 Å². The van der Waals surface area contributed by atoms with Crippen molar-refractivity contribution < 1.29 is 19.2 Å². The van der Waals surface area contributed by atoms with E-state index in [2.05, 4.69) is 4.74 Å². The summed E-state index contributed by atoms with van der Waals surface area (Å²) in [6, 6.07) is 6.90. The molecule has 6 nitrogen and oxygen atoms in total. The number of hydrogen-bond acceptors (Lipinski definition) is 5. The van der Waals surface area contributed by atoms with Crippen LogP contribution in [0.15, 0.2) is 24.3 Å². The molecule has 0 heterocycles. The molecule has 96 valence electrons. The topological polar surface area (TPSA) is 78.7 Å². The lowest BCUT2D eigenvalue weighted by atomic mass is 10.1. The van der Waals surface area contributed by atoms with Crippen LogP contribution in [0.2, 0.25) is 0 Å². The number of rotatable bonds is 4. The Labute approximate surface area is 104 Å². The van der Waals surface area contributed by atoms with E-state index in [1.54, 1.807) is 31.4 Å². The van der Waals surface area contributed by atoms with Crippen LogP contribution in [0.1, 0.15) is 17.9 Å². The molecule has 2 atom stereocenters. The van der Waals surface area contributed by atoms with Crippen LogP contribution in [0.3, 0.4) is 0 Å². The summed E-state index contributed by atoms with van der Waals surface area (Å²) in [5.74, 6) is -0.539. The first-order valence-electron chi connectivity index (χ1n) is 5.43. The number of benzene rings is 1. The Balaban J connectivity index is 2.26. The molecular formula is C12H13NO5. The molecule has 0 radical (unpaired) electrons. The van der Waals surface area contributed by atoms with Gasteiger partial charge in [-0.05, 0) is 17.7 Å². The quantitative estimate of drug-likeness (QED) is 0.458. The zero-order valence-electron chi connectivity index (χ0n) is 10.1. The number of ether oxygens (including phenoxy) is 2. The number of nitro groups is 1. The second-order valence-corrected chi connectivity index (χ2v) is 4.20. The molecular weight excluding hydrogens is 238 g/mol. The zero-order chi connectivity index (χ0) is 13.3. The van der Waals surface area contributed by atoms with Crippen LogP contribution >= 0.6 is 0 Å². The largest absolute Gasteiger partial charge is 0.497 e. The van der Waals surface area contributed by atoms with Crippen molar-refractivity contribution in [1.82, 2.24) is 0 Å². The molecule has 1 aliphatic rings. The highest BCUT2D eigenvalue weighted by Gasteiger charge is 2.73. The summed E-state index contributed by atoms with van der Waals surface area (Å²) in [5.41, 5.74) is -0.860. The third-order valence-electron chi connectivity index (χ3n) is 3.31. The van der Waals surface area contributed by atoms with E-state index in [0.717, 1.165) is 12.7 Å². The van der Waals surface area contributed by atoms with Crippen LogP contribution in [-0.2, 0) is 9.53 Å². The average Bonchev–Trinajstić information content (AvgIpc) is 3.14. The average molecular weight is 251 g/mol. The zero-order valence-corrected chi connectivity index (χ0v) is 10.1. The lowest BCUT2D eigenvalue weighted by molar-refractivity contribution is -0.526. The first-order valence-corrected chi connectivity index (χ1v) is 5.43. The predicted molar refractivity (Wildman–Crippen MR) is 62.1 cm³/mol. The highest BCUT2D eigenvalue weighted by atomic mass is 16.6. The van der Waals surface area contributed by atoms with Gasteiger partial charge in [0.05, 0.1) is 20.1 Å². The van der Waals surface area contributed by atoms with Gasteiger partial charge in [0, 0.05) is 11.3 Å². The van der Waals surface area contributed by atoms with Crippen molar-refractivity contribution in [1.29, 1.82) is 0 Å².